The number of aromatic nitrogens is 2. The van der Waals surface area contributed by atoms with Crippen LogP contribution in [-0.4, -0.2) is 29.6 Å². The Balaban J connectivity index is 1.29. The second kappa shape index (κ2) is 8.30. The summed E-state index contributed by atoms with van der Waals surface area (Å²) in [5, 5.41) is 24.0. The predicted molar refractivity (Wildman–Crippen MR) is 109 cm³/mol. The monoisotopic (exact) mass is 394 g/mol. The van der Waals surface area contributed by atoms with Crippen LogP contribution in [0.3, 0.4) is 0 Å². The molecule has 0 saturated carbocycles. The van der Waals surface area contributed by atoms with Gasteiger partial charge in [-0.1, -0.05) is 6.07 Å². The standard InChI is InChI=1S/C21H22N4O4/c26-24-12-7-18(25(27)28)15-21(24)23-10-5-16(6-11-23)8-13-29-19-3-4-20-17(14-19)2-1-9-22-20/h1-4,7,9,12,14-16H,5-6,8,10-11,13H2. The number of ether oxygens (including phenoxy) is 1. The van der Waals surface area contributed by atoms with Gasteiger partial charge in [0.05, 0.1) is 36.2 Å². The first-order valence-electron chi connectivity index (χ1n) is 9.70. The summed E-state index contributed by atoms with van der Waals surface area (Å²) < 4.78 is 6.62. The van der Waals surface area contributed by atoms with Crippen molar-refractivity contribution in [2.24, 2.45) is 5.92 Å². The minimum absolute atomic E-state index is 0.0618. The van der Waals surface area contributed by atoms with E-state index in [1.807, 2.05) is 35.2 Å². The van der Waals surface area contributed by atoms with Crippen LogP contribution in [0.5, 0.6) is 5.75 Å². The molecule has 1 aliphatic heterocycles. The molecule has 150 valence electrons. The second-order valence-corrected chi connectivity index (χ2v) is 7.25. The highest BCUT2D eigenvalue weighted by Crippen LogP contribution is 2.26. The Morgan fingerprint density at radius 3 is 2.83 bits per heavy atom. The molecular weight excluding hydrogens is 372 g/mol. The molecule has 1 fully saturated rings. The van der Waals surface area contributed by atoms with E-state index in [0.717, 1.165) is 35.9 Å². The Labute approximate surface area is 168 Å². The fourth-order valence-corrected chi connectivity index (χ4v) is 3.75. The van der Waals surface area contributed by atoms with Crippen LogP contribution in [0.2, 0.25) is 0 Å². The van der Waals surface area contributed by atoms with Gasteiger partial charge in [0.1, 0.15) is 18.0 Å². The van der Waals surface area contributed by atoms with Crippen LogP contribution in [0.1, 0.15) is 19.3 Å². The van der Waals surface area contributed by atoms with Crippen LogP contribution < -0.4 is 14.4 Å². The number of fused-ring (bicyclic) bond motifs is 1. The molecule has 2 aromatic heterocycles. The highest BCUT2D eigenvalue weighted by atomic mass is 16.6. The lowest BCUT2D eigenvalue weighted by atomic mass is 9.94. The third kappa shape index (κ3) is 4.37. The van der Waals surface area contributed by atoms with Gasteiger partial charge < -0.3 is 9.94 Å². The summed E-state index contributed by atoms with van der Waals surface area (Å²) in [5.41, 5.74) is 0.886. The minimum Gasteiger partial charge on any atom is -0.711 e. The van der Waals surface area contributed by atoms with Crippen LogP contribution in [-0.2, 0) is 0 Å². The summed E-state index contributed by atoms with van der Waals surface area (Å²) in [6, 6.07) is 12.4. The van der Waals surface area contributed by atoms with Crippen molar-refractivity contribution in [2.75, 3.05) is 24.6 Å². The van der Waals surface area contributed by atoms with Gasteiger partial charge in [-0.25, -0.2) is 4.73 Å². The summed E-state index contributed by atoms with van der Waals surface area (Å²) in [6.07, 6.45) is 5.76. The van der Waals surface area contributed by atoms with Gasteiger partial charge in [0.25, 0.3) is 11.5 Å². The number of anilines is 1. The van der Waals surface area contributed by atoms with Crippen LogP contribution in [0.4, 0.5) is 11.5 Å². The molecule has 29 heavy (non-hydrogen) atoms. The third-order valence-electron chi connectivity index (χ3n) is 5.40. The van der Waals surface area contributed by atoms with E-state index < -0.39 is 4.92 Å². The first kappa shape index (κ1) is 18.9. The molecule has 1 saturated heterocycles. The van der Waals surface area contributed by atoms with Crippen molar-refractivity contribution in [1.82, 2.24) is 4.98 Å². The van der Waals surface area contributed by atoms with Gasteiger partial charge in [0, 0.05) is 11.6 Å². The fourth-order valence-electron chi connectivity index (χ4n) is 3.75. The topological polar surface area (TPSA) is 95.4 Å². The molecule has 3 heterocycles. The second-order valence-electron chi connectivity index (χ2n) is 7.25. The van der Waals surface area contributed by atoms with Crippen LogP contribution in [0.15, 0.2) is 54.9 Å². The summed E-state index contributed by atoms with van der Waals surface area (Å²) in [6.45, 7) is 2.04. The van der Waals surface area contributed by atoms with Gasteiger partial charge in [-0.15, -0.1) is 0 Å². The highest BCUT2D eigenvalue weighted by molar-refractivity contribution is 5.79. The lowest BCUT2D eigenvalue weighted by Gasteiger charge is -2.29. The van der Waals surface area contributed by atoms with Gasteiger partial charge in [-0.2, -0.15) is 0 Å². The average Bonchev–Trinajstić information content (AvgIpc) is 2.74. The molecule has 8 heteroatoms. The molecule has 3 aromatic rings. The van der Waals surface area contributed by atoms with E-state index >= 15 is 0 Å². The van der Waals surface area contributed by atoms with Gasteiger partial charge in [-0.3, -0.25) is 20.0 Å². The van der Waals surface area contributed by atoms with E-state index in [1.165, 1.54) is 18.3 Å². The molecule has 0 atom stereocenters. The number of nitro groups is 1. The molecule has 1 aliphatic rings. The molecular formula is C21H22N4O4. The molecule has 0 aliphatic carbocycles. The molecule has 8 nitrogen and oxygen atoms in total. The smallest absolute Gasteiger partial charge is 0.286 e. The van der Waals surface area contributed by atoms with Crippen molar-refractivity contribution in [2.45, 2.75) is 19.3 Å². The number of benzene rings is 1. The van der Waals surface area contributed by atoms with Gasteiger partial charge in [0.15, 0.2) is 0 Å². The lowest BCUT2D eigenvalue weighted by molar-refractivity contribution is -0.593. The van der Waals surface area contributed by atoms with Crippen LogP contribution >= 0.6 is 0 Å². The van der Waals surface area contributed by atoms with E-state index in [2.05, 4.69) is 4.98 Å². The third-order valence-corrected chi connectivity index (χ3v) is 5.40. The van der Waals surface area contributed by atoms with E-state index in [9.17, 15) is 15.3 Å². The molecule has 0 bridgehead atoms. The van der Waals surface area contributed by atoms with Crippen molar-refractivity contribution in [1.29, 1.82) is 0 Å². The zero-order chi connectivity index (χ0) is 20.2. The minimum atomic E-state index is -0.476. The van der Waals surface area contributed by atoms with E-state index in [0.29, 0.717) is 36.2 Å². The van der Waals surface area contributed by atoms with Crippen molar-refractivity contribution in [3.8, 4) is 5.75 Å². The summed E-state index contributed by atoms with van der Waals surface area (Å²) in [7, 11) is 0. The predicted octanol–water partition coefficient (Wildman–Crippen LogP) is 3.46. The van der Waals surface area contributed by atoms with Crippen molar-refractivity contribution < 1.29 is 14.4 Å². The first-order valence-corrected chi connectivity index (χ1v) is 9.70. The molecule has 0 radical (unpaired) electrons. The number of hydrogen-bond acceptors (Lipinski definition) is 6. The maximum atomic E-state index is 12.0. The zero-order valence-electron chi connectivity index (χ0n) is 15.9. The molecule has 4 rings (SSSR count). The molecule has 0 amide bonds. The molecule has 0 N–H and O–H groups in total. The quantitative estimate of drug-likeness (QED) is 0.275. The molecule has 0 unspecified atom stereocenters. The zero-order valence-corrected chi connectivity index (χ0v) is 15.9. The van der Waals surface area contributed by atoms with E-state index in [-0.39, 0.29) is 5.69 Å². The van der Waals surface area contributed by atoms with Crippen molar-refractivity contribution >= 4 is 22.4 Å². The molecule has 0 spiro atoms. The van der Waals surface area contributed by atoms with Crippen molar-refractivity contribution in [3.05, 3.63) is 70.2 Å². The van der Waals surface area contributed by atoms with Crippen LogP contribution in [0, 0.1) is 21.2 Å². The van der Waals surface area contributed by atoms with Crippen molar-refractivity contribution in [3.63, 3.8) is 0 Å². The number of hydrogen-bond donors (Lipinski definition) is 0. The maximum absolute atomic E-state index is 12.0. The Hall–Kier alpha value is -3.42. The van der Waals surface area contributed by atoms with E-state index in [1.54, 1.807) is 6.20 Å². The highest BCUT2D eigenvalue weighted by Gasteiger charge is 2.27. The SMILES string of the molecule is O=[N+]([O-])c1cc[n+]([O-])c(N2CCC(CCOc3ccc4ncccc4c3)CC2)c1. The van der Waals surface area contributed by atoms with Gasteiger partial charge in [0.2, 0.25) is 0 Å². The van der Waals surface area contributed by atoms with Gasteiger partial charge >= 0.3 is 0 Å². The summed E-state index contributed by atoms with van der Waals surface area (Å²) >= 11 is 0. The Bertz CT molecular complexity index is 1020. The number of piperidine rings is 1. The lowest BCUT2D eigenvalue weighted by Crippen LogP contribution is -2.42. The Morgan fingerprint density at radius 1 is 1.21 bits per heavy atom. The summed E-state index contributed by atoms with van der Waals surface area (Å²) in [5.74, 6) is 1.69. The Morgan fingerprint density at radius 2 is 2.03 bits per heavy atom. The van der Waals surface area contributed by atoms with E-state index in [4.69, 9.17) is 4.74 Å². The summed E-state index contributed by atoms with van der Waals surface area (Å²) in [4.78, 5) is 16.7. The normalized spacial score (nSPS) is 14.8. The average molecular weight is 394 g/mol. The fraction of sp³-hybridized carbons (Fsp3) is 0.333. The number of nitrogens with zero attached hydrogens (tertiary/aromatic N) is 4. The van der Waals surface area contributed by atoms with Crippen LogP contribution in [0.25, 0.3) is 10.9 Å². The molecule has 1 aromatic carbocycles. The Kier molecular flexibility index (Phi) is 5.41. The number of pyridine rings is 2. The number of rotatable bonds is 6. The van der Waals surface area contributed by atoms with Gasteiger partial charge in [-0.05, 0) is 49.4 Å². The maximum Gasteiger partial charge on any atom is 0.286 e. The largest absolute Gasteiger partial charge is 0.711 e. The first-order chi connectivity index (χ1) is 14.1.